The molecule has 1 rings (SSSR count). The van der Waals surface area contributed by atoms with Crippen LogP contribution >= 0.6 is 0 Å². The summed E-state index contributed by atoms with van der Waals surface area (Å²) in [6.07, 6.45) is 1.52. The first-order valence-corrected chi connectivity index (χ1v) is 5.99. The smallest absolute Gasteiger partial charge is 0.184 e. The van der Waals surface area contributed by atoms with Crippen LogP contribution < -0.4 is 4.74 Å². The minimum Gasteiger partial charge on any atom is -0.497 e. The zero-order chi connectivity index (χ0) is 13.4. The van der Waals surface area contributed by atoms with Crippen LogP contribution in [-0.4, -0.2) is 21.3 Å². The zero-order valence-electron chi connectivity index (χ0n) is 11.4. The topological polar surface area (TPSA) is 27.7 Å². The van der Waals surface area contributed by atoms with Gasteiger partial charge in [0.2, 0.25) is 0 Å². The molecule has 0 bridgehead atoms. The van der Waals surface area contributed by atoms with Gasteiger partial charge in [0.25, 0.3) is 0 Å². The summed E-state index contributed by atoms with van der Waals surface area (Å²) in [7, 11) is 4.87. The van der Waals surface area contributed by atoms with Crippen molar-refractivity contribution in [2.75, 3.05) is 21.3 Å². The third-order valence-corrected chi connectivity index (χ3v) is 2.54. The van der Waals surface area contributed by atoms with Crippen molar-refractivity contribution in [1.29, 1.82) is 0 Å². The van der Waals surface area contributed by atoms with E-state index in [0.717, 1.165) is 29.7 Å². The first-order chi connectivity index (χ1) is 8.76. The number of methoxy groups -OCH3 is 3. The maximum Gasteiger partial charge on any atom is 0.184 e. The van der Waals surface area contributed by atoms with Gasteiger partial charge in [-0.3, -0.25) is 0 Å². The van der Waals surface area contributed by atoms with Gasteiger partial charge in [0.05, 0.1) is 7.11 Å². The van der Waals surface area contributed by atoms with Gasteiger partial charge in [-0.05, 0) is 24.6 Å². The van der Waals surface area contributed by atoms with Gasteiger partial charge in [0.15, 0.2) is 6.29 Å². The van der Waals surface area contributed by atoms with Crippen molar-refractivity contribution >= 4 is 0 Å². The Morgan fingerprint density at radius 2 is 1.89 bits per heavy atom. The van der Waals surface area contributed by atoms with E-state index in [-0.39, 0.29) is 0 Å². The van der Waals surface area contributed by atoms with Gasteiger partial charge in [0.1, 0.15) is 5.75 Å². The molecule has 0 N–H and O–H groups in total. The standard InChI is InChI=1S/C15H20O3/c1-5-6-7-8-12-11-13(16-2)9-10-14(12)15(17-3)18-4/h9-11,15H,5-6H2,1-4H3. The van der Waals surface area contributed by atoms with Crippen LogP contribution in [0.5, 0.6) is 5.75 Å². The van der Waals surface area contributed by atoms with Crippen LogP contribution in [-0.2, 0) is 9.47 Å². The normalized spacial score (nSPS) is 10.1. The summed E-state index contributed by atoms with van der Waals surface area (Å²) >= 11 is 0. The van der Waals surface area contributed by atoms with Crippen LogP contribution in [0.25, 0.3) is 0 Å². The highest BCUT2D eigenvalue weighted by Gasteiger charge is 2.13. The Morgan fingerprint density at radius 3 is 2.44 bits per heavy atom. The summed E-state index contributed by atoms with van der Waals surface area (Å²) in [6, 6.07) is 5.71. The summed E-state index contributed by atoms with van der Waals surface area (Å²) in [5.41, 5.74) is 1.81. The van der Waals surface area contributed by atoms with E-state index in [9.17, 15) is 0 Å². The summed E-state index contributed by atoms with van der Waals surface area (Å²) in [5, 5.41) is 0. The maximum atomic E-state index is 5.28. The Hall–Kier alpha value is -1.50. The van der Waals surface area contributed by atoms with E-state index in [1.807, 2.05) is 18.2 Å². The van der Waals surface area contributed by atoms with E-state index in [0.29, 0.717) is 0 Å². The molecule has 0 aromatic heterocycles. The second-order valence-electron chi connectivity index (χ2n) is 3.81. The fraction of sp³-hybridized carbons (Fsp3) is 0.467. The monoisotopic (exact) mass is 248 g/mol. The molecule has 0 aliphatic rings. The van der Waals surface area contributed by atoms with E-state index < -0.39 is 6.29 Å². The molecule has 0 amide bonds. The van der Waals surface area contributed by atoms with E-state index in [2.05, 4.69) is 18.8 Å². The van der Waals surface area contributed by atoms with Crippen molar-refractivity contribution in [3.63, 3.8) is 0 Å². The Bertz CT molecular complexity index is 425. The van der Waals surface area contributed by atoms with Crippen LogP contribution in [0, 0.1) is 11.8 Å². The fourth-order valence-corrected chi connectivity index (χ4v) is 1.61. The van der Waals surface area contributed by atoms with E-state index in [4.69, 9.17) is 14.2 Å². The summed E-state index contributed by atoms with van der Waals surface area (Å²) in [4.78, 5) is 0. The second-order valence-corrected chi connectivity index (χ2v) is 3.81. The Balaban J connectivity index is 3.12. The van der Waals surface area contributed by atoms with Crippen LogP contribution in [0.1, 0.15) is 37.2 Å². The van der Waals surface area contributed by atoms with Crippen LogP contribution in [0.15, 0.2) is 18.2 Å². The fourth-order valence-electron chi connectivity index (χ4n) is 1.61. The molecule has 0 radical (unpaired) electrons. The predicted molar refractivity (Wildman–Crippen MR) is 71.5 cm³/mol. The predicted octanol–water partition coefficient (Wildman–Crippen LogP) is 3.14. The molecule has 3 nitrogen and oxygen atoms in total. The lowest BCUT2D eigenvalue weighted by molar-refractivity contribution is -0.106. The highest BCUT2D eigenvalue weighted by molar-refractivity contribution is 5.46. The summed E-state index contributed by atoms with van der Waals surface area (Å²) < 4.78 is 15.8. The lowest BCUT2D eigenvalue weighted by Gasteiger charge is -2.16. The van der Waals surface area contributed by atoms with Crippen LogP contribution in [0.2, 0.25) is 0 Å². The largest absolute Gasteiger partial charge is 0.497 e. The minimum absolute atomic E-state index is 0.401. The van der Waals surface area contributed by atoms with Crippen molar-refractivity contribution in [1.82, 2.24) is 0 Å². The van der Waals surface area contributed by atoms with Crippen LogP contribution in [0.3, 0.4) is 0 Å². The van der Waals surface area contributed by atoms with Gasteiger partial charge in [-0.25, -0.2) is 0 Å². The number of unbranched alkanes of at least 4 members (excludes halogenated alkanes) is 1. The molecule has 0 unspecified atom stereocenters. The molecule has 18 heavy (non-hydrogen) atoms. The SMILES string of the molecule is CCCC#Cc1cc(OC)ccc1C(OC)OC. The van der Waals surface area contributed by atoms with Crippen LogP contribution in [0.4, 0.5) is 0 Å². The van der Waals surface area contributed by atoms with Crippen molar-refractivity contribution in [3.05, 3.63) is 29.3 Å². The number of hydrogen-bond donors (Lipinski definition) is 0. The molecule has 0 aliphatic heterocycles. The van der Waals surface area contributed by atoms with Crippen molar-refractivity contribution in [2.45, 2.75) is 26.1 Å². The molecule has 0 aliphatic carbocycles. The molecule has 1 aromatic carbocycles. The molecule has 0 saturated heterocycles. The molecule has 0 heterocycles. The van der Waals surface area contributed by atoms with Gasteiger partial charge in [-0.2, -0.15) is 0 Å². The molecule has 0 fully saturated rings. The molecule has 3 heteroatoms. The lowest BCUT2D eigenvalue weighted by atomic mass is 10.1. The third kappa shape index (κ3) is 3.76. The van der Waals surface area contributed by atoms with E-state index in [1.165, 1.54) is 0 Å². The van der Waals surface area contributed by atoms with Gasteiger partial charge in [-0.15, -0.1) is 0 Å². The Morgan fingerprint density at radius 1 is 1.17 bits per heavy atom. The van der Waals surface area contributed by atoms with Gasteiger partial charge in [-0.1, -0.05) is 18.8 Å². The summed E-state index contributed by atoms with van der Waals surface area (Å²) in [6.45, 7) is 2.11. The van der Waals surface area contributed by atoms with Gasteiger partial charge < -0.3 is 14.2 Å². The molecular formula is C15H20O3. The Kier molecular flexibility index (Phi) is 6.27. The molecule has 0 spiro atoms. The minimum atomic E-state index is -0.401. The third-order valence-electron chi connectivity index (χ3n) is 2.54. The van der Waals surface area contributed by atoms with Crippen molar-refractivity contribution in [2.24, 2.45) is 0 Å². The first-order valence-electron chi connectivity index (χ1n) is 5.99. The number of ether oxygens (including phenoxy) is 3. The zero-order valence-corrected chi connectivity index (χ0v) is 11.4. The number of benzene rings is 1. The second kappa shape index (κ2) is 7.75. The molecule has 0 atom stereocenters. The molecule has 1 aromatic rings. The van der Waals surface area contributed by atoms with E-state index >= 15 is 0 Å². The molecular weight excluding hydrogens is 228 g/mol. The van der Waals surface area contributed by atoms with Gasteiger partial charge in [0, 0.05) is 31.8 Å². The van der Waals surface area contributed by atoms with Crippen molar-refractivity contribution < 1.29 is 14.2 Å². The number of hydrogen-bond acceptors (Lipinski definition) is 3. The quantitative estimate of drug-likeness (QED) is 0.592. The van der Waals surface area contributed by atoms with E-state index in [1.54, 1.807) is 21.3 Å². The first kappa shape index (κ1) is 14.6. The molecule has 0 saturated carbocycles. The number of rotatable bonds is 5. The maximum absolute atomic E-state index is 5.28. The highest BCUT2D eigenvalue weighted by Crippen LogP contribution is 2.25. The average molecular weight is 248 g/mol. The lowest BCUT2D eigenvalue weighted by Crippen LogP contribution is -2.06. The average Bonchev–Trinajstić information content (AvgIpc) is 2.41. The highest BCUT2D eigenvalue weighted by atomic mass is 16.7. The van der Waals surface area contributed by atoms with Crippen molar-refractivity contribution in [3.8, 4) is 17.6 Å². The molecule has 98 valence electrons. The summed E-state index contributed by atoms with van der Waals surface area (Å²) in [5.74, 6) is 7.06. The van der Waals surface area contributed by atoms with Gasteiger partial charge >= 0.3 is 0 Å². The Labute approximate surface area is 109 Å².